The van der Waals surface area contributed by atoms with E-state index in [0.29, 0.717) is 11.6 Å². The zero-order valence-electron chi connectivity index (χ0n) is 7.45. The molecule has 0 aliphatic rings. The molecule has 0 amide bonds. The number of rotatable bonds is 2. The lowest BCUT2D eigenvalue weighted by Crippen LogP contribution is -1.89. The van der Waals surface area contributed by atoms with Gasteiger partial charge in [-0.05, 0) is 6.08 Å². The van der Waals surface area contributed by atoms with Crippen LogP contribution in [0.4, 0.5) is 0 Å². The largest absolute Gasteiger partial charge is 0.478 e. The Bertz CT molecular complexity index is 508. The molecule has 2 aromatic rings. The molecule has 0 saturated heterocycles. The Kier molecular flexibility index (Phi) is 1.81. The van der Waals surface area contributed by atoms with Crippen molar-refractivity contribution in [3.8, 4) is 0 Å². The van der Waals surface area contributed by atoms with Crippen molar-refractivity contribution in [2.45, 2.75) is 0 Å². The second-order valence-corrected chi connectivity index (χ2v) is 2.81. The van der Waals surface area contributed by atoms with Crippen LogP contribution in [-0.2, 0) is 11.8 Å². The third-order valence-corrected chi connectivity index (χ3v) is 1.83. The Morgan fingerprint density at radius 1 is 1.50 bits per heavy atom. The van der Waals surface area contributed by atoms with Gasteiger partial charge in [0, 0.05) is 25.5 Å². The highest BCUT2D eigenvalue weighted by Crippen LogP contribution is 2.04. The van der Waals surface area contributed by atoms with Crippen LogP contribution in [0.5, 0.6) is 0 Å². The summed E-state index contributed by atoms with van der Waals surface area (Å²) < 4.78 is 3.50. The van der Waals surface area contributed by atoms with Crippen LogP contribution in [-0.4, -0.2) is 30.2 Å². The smallest absolute Gasteiger partial charge is 0.328 e. The number of hydrogen-bond donors (Lipinski definition) is 1. The maximum atomic E-state index is 10.3. The topological polar surface area (TPSA) is 72.4 Å². The third-order valence-electron chi connectivity index (χ3n) is 1.83. The lowest BCUT2D eigenvalue weighted by atomic mass is 10.5. The molecule has 2 heterocycles. The van der Waals surface area contributed by atoms with Crippen LogP contribution in [0.3, 0.4) is 0 Å². The van der Waals surface area contributed by atoms with E-state index in [1.807, 2.05) is 13.2 Å². The van der Waals surface area contributed by atoms with E-state index < -0.39 is 5.97 Å². The molecule has 0 fully saturated rings. The van der Waals surface area contributed by atoms with Gasteiger partial charge in [0.25, 0.3) is 0 Å². The van der Waals surface area contributed by atoms with Gasteiger partial charge in [-0.25, -0.2) is 4.79 Å². The molecule has 6 nitrogen and oxygen atoms in total. The number of nitrogens with zero attached hydrogens (tertiary/aromatic N) is 4. The van der Waals surface area contributed by atoms with E-state index in [0.717, 1.165) is 6.08 Å². The second-order valence-electron chi connectivity index (χ2n) is 2.81. The first-order chi connectivity index (χ1) is 6.68. The Morgan fingerprint density at radius 2 is 2.29 bits per heavy atom. The zero-order valence-corrected chi connectivity index (χ0v) is 7.45. The predicted octanol–water partition coefficient (Wildman–Crippen LogP) is 0.166. The average molecular weight is 192 g/mol. The van der Waals surface area contributed by atoms with Gasteiger partial charge in [-0.1, -0.05) is 0 Å². The Morgan fingerprint density at radius 3 is 3.00 bits per heavy atom. The highest BCUT2D eigenvalue weighted by Gasteiger charge is 2.04. The summed E-state index contributed by atoms with van der Waals surface area (Å²) in [5.74, 6) is 0.177. The van der Waals surface area contributed by atoms with Crippen molar-refractivity contribution in [3.63, 3.8) is 0 Å². The molecule has 0 spiro atoms. The molecule has 1 N–H and O–H groups in total. The molecule has 2 rings (SSSR count). The third kappa shape index (κ3) is 1.26. The minimum Gasteiger partial charge on any atom is -0.478 e. The standard InChI is InChI=1S/C8H8N4O2/c1-11-4-5-12-6(2-3-7(13)14)9-10-8(11)12/h2-5H,1H3,(H,13,14)/b3-2+. The minimum absolute atomic E-state index is 0.503. The number of fused-ring (bicyclic) bond motifs is 1. The number of carboxylic acids is 1. The van der Waals surface area contributed by atoms with Crippen molar-refractivity contribution >= 4 is 17.8 Å². The van der Waals surface area contributed by atoms with E-state index in [1.54, 1.807) is 15.2 Å². The number of carboxylic acid groups (broad SMARTS) is 1. The van der Waals surface area contributed by atoms with Crippen LogP contribution >= 0.6 is 0 Å². The molecule has 0 aliphatic carbocycles. The maximum absolute atomic E-state index is 10.3. The average Bonchev–Trinajstić information content (AvgIpc) is 2.66. The SMILES string of the molecule is Cn1ccn2c(/C=C/C(=O)O)nnc12. The van der Waals surface area contributed by atoms with Crippen molar-refractivity contribution in [1.29, 1.82) is 0 Å². The number of aliphatic carboxylic acids is 1. The normalized spacial score (nSPS) is 11.5. The molecule has 6 heteroatoms. The lowest BCUT2D eigenvalue weighted by Gasteiger charge is -1.86. The number of imidazole rings is 1. The number of aryl methyl sites for hydroxylation is 1. The van der Waals surface area contributed by atoms with E-state index in [2.05, 4.69) is 10.2 Å². The number of aromatic nitrogens is 4. The number of hydrogen-bond acceptors (Lipinski definition) is 3. The van der Waals surface area contributed by atoms with E-state index >= 15 is 0 Å². The van der Waals surface area contributed by atoms with Crippen LogP contribution in [0.25, 0.3) is 11.9 Å². The molecule has 0 atom stereocenters. The molecular weight excluding hydrogens is 184 g/mol. The van der Waals surface area contributed by atoms with Gasteiger partial charge in [0.05, 0.1) is 0 Å². The Balaban J connectivity index is 2.48. The summed E-state index contributed by atoms with van der Waals surface area (Å²) in [6, 6.07) is 0. The van der Waals surface area contributed by atoms with Crippen LogP contribution in [0.2, 0.25) is 0 Å². The summed E-state index contributed by atoms with van der Waals surface area (Å²) >= 11 is 0. The van der Waals surface area contributed by atoms with E-state index in [4.69, 9.17) is 5.11 Å². The second kappa shape index (κ2) is 2.99. The summed E-state index contributed by atoms with van der Waals surface area (Å²) in [6.07, 6.45) is 6.03. The molecule has 14 heavy (non-hydrogen) atoms. The summed E-state index contributed by atoms with van der Waals surface area (Å²) in [6.45, 7) is 0. The highest BCUT2D eigenvalue weighted by atomic mass is 16.4. The summed E-state index contributed by atoms with van der Waals surface area (Å²) in [7, 11) is 1.84. The molecule has 0 saturated carbocycles. The van der Waals surface area contributed by atoms with Crippen molar-refractivity contribution in [2.24, 2.45) is 7.05 Å². The Hall–Kier alpha value is -2.11. The summed E-state index contributed by atoms with van der Waals surface area (Å²) in [5, 5.41) is 16.2. The fraction of sp³-hybridized carbons (Fsp3) is 0.125. The molecule has 0 unspecified atom stereocenters. The van der Waals surface area contributed by atoms with E-state index in [1.165, 1.54) is 6.08 Å². The van der Waals surface area contributed by atoms with Gasteiger partial charge in [0.15, 0.2) is 5.82 Å². The first-order valence-corrected chi connectivity index (χ1v) is 3.95. The number of carbonyl (C=O) groups is 1. The fourth-order valence-electron chi connectivity index (χ4n) is 1.17. The van der Waals surface area contributed by atoms with Crippen molar-refractivity contribution in [2.75, 3.05) is 0 Å². The molecule has 0 radical (unpaired) electrons. The van der Waals surface area contributed by atoms with Crippen molar-refractivity contribution in [3.05, 3.63) is 24.3 Å². The zero-order chi connectivity index (χ0) is 10.1. The van der Waals surface area contributed by atoms with Crippen LogP contribution in [0.15, 0.2) is 18.5 Å². The lowest BCUT2D eigenvalue weighted by molar-refractivity contribution is -0.131. The molecule has 0 aliphatic heterocycles. The maximum Gasteiger partial charge on any atom is 0.328 e. The van der Waals surface area contributed by atoms with Crippen LogP contribution in [0.1, 0.15) is 5.82 Å². The molecule has 72 valence electrons. The van der Waals surface area contributed by atoms with Gasteiger partial charge in [-0.15, -0.1) is 10.2 Å². The van der Waals surface area contributed by atoms with Gasteiger partial charge in [-0.2, -0.15) is 0 Å². The predicted molar refractivity (Wildman–Crippen MR) is 48.6 cm³/mol. The van der Waals surface area contributed by atoms with Crippen LogP contribution < -0.4 is 0 Å². The molecular formula is C8H8N4O2. The fourth-order valence-corrected chi connectivity index (χ4v) is 1.17. The summed E-state index contributed by atoms with van der Waals surface area (Å²) in [5.41, 5.74) is 0. The highest BCUT2D eigenvalue weighted by molar-refractivity contribution is 5.84. The van der Waals surface area contributed by atoms with Crippen molar-refractivity contribution < 1.29 is 9.90 Å². The minimum atomic E-state index is -1.00. The molecule has 2 aromatic heterocycles. The Labute approximate surface area is 79.1 Å². The van der Waals surface area contributed by atoms with Gasteiger partial charge >= 0.3 is 5.97 Å². The van der Waals surface area contributed by atoms with E-state index in [9.17, 15) is 4.79 Å². The van der Waals surface area contributed by atoms with Crippen molar-refractivity contribution in [1.82, 2.24) is 19.2 Å². The van der Waals surface area contributed by atoms with Crippen LogP contribution in [0, 0.1) is 0 Å². The van der Waals surface area contributed by atoms with Gasteiger partial charge in [0.2, 0.25) is 5.78 Å². The monoisotopic (exact) mass is 192 g/mol. The van der Waals surface area contributed by atoms with E-state index in [-0.39, 0.29) is 0 Å². The molecule has 0 bridgehead atoms. The quantitative estimate of drug-likeness (QED) is 0.688. The first kappa shape index (κ1) is 8.49. The first-order valence-electron chi connectivity index (χ1n) is 3.95. The van der Waals surface area contributed by atoms with Gasteiger partial charge in [-0.3, -0.25) is 4.40 Å². The van der Waals surface area contributed by atoms with Gasteiger partial charge in [0.1, 0.15) is 0 Å². The summed E-state index contributed by atoms with van der Waals surface area (Å²) in [4.78, 5) is 10.3. The molecule has 0 aromatic carbocycles. The van der Waals surface area contributed by atoms with Gasteiger partial charge < -0.3 is 9.67 Å².